The number of anilines is 2. The lowest BCUT2D eigenvalue weighted by Crippen LogP contribution is -2.35. The van der Waals surface area contributed by atoms with E-state index >= 15 is 0 Å². The van der Waals surface area contributed by atoms with E-state index in [9.17, 15) is 0 Å². The van der Waals surface area contributed by atoms with Crippen LogP contribution in [0, 0.1) is 0 Å². The molecule has 0 radical (unpaired) electrons. The van der Waals surface area contributed by atoms with Crippen molar-refractivity contribution in [1.29, 1.82) is 0 Å². The van der Waals surface area contributed by atoms with Gasteiger partial charge in [0.05, 0.1) is 0 Å². The summed E-state index contributed by atoms with van der Waals surface area (Å²) in [5.74, 6) is 1.67. The van der Waals surface area contributed by atoms with Gasteiger partial charge in [0.2, 0.25) is 0 Å². The maximum atomic E-state index is 6.04. The third-order valence-electron chi connectivity index (χ3n) is 3.60. The summed E-state index contributed by atoms with van der Waals surface area (Å²) >= 11 is 0. The summed E-state index contributed by atoms with van der Waals surface area (Å²) in [6.07, 6.45) is 7.08. The molecule has 0 bridgehead atoms. The molecule has 1 aromatic rings. The van der Waals surface area contributed by atoms with Crippen molar-refractivity contribution in [1.82, 2.24) is 9.97 Å². The Balaban J connectivity index is 3.09. The Labute approximate surface area is 117 Å². The Morgan fingerprint density at radius 2 is 1.95 bits per heavy atom. The first-order valence-electron chi connectivity index (χ1n) is 7.51. The van der Waals surface area contributed by atoms with Crippen LogP contribution >= 0.6 is 0 Å². The quantitative estimate of drug-likeness (QED) is 0.781. The van der Waals surface area contributed by atoms with Gasteiger partial charge in [0.25, 0.3) is 0 Å². The Hall–Kier alpha value is -1.32. The molecule has 0 aliphatic rings. The highest BCUT2D eigenvalue weighted by molar-refractivity contribution is 5.57. The molecule has 1 rings (SSSR count). The molecular formula is C15H28N4. The van der Waals surface area contributed by atoms with Crippen molar-refractivity contribution in [2.24, 2.45) is 0 Å². The molecule has 1 unspecified atom stereocenters. The average molecular weight is 264 g/mol. The summed E-state index contributed by atoms with van der Waals surface area (Å²) in [5.41, 5.74) is 7.15. The van der Waals surface area contributed by atoms with Crippen LogP contribution in [0.25, 0.3) is 0 Å². The van der Waals surface area contributed by atoms with Gasteiger partial charge in [-0.2, -0.15) is 0 Å². The van der Waals surface area contributed by atoms with Gasteiger partial charge >= 0.3 is 0 Å². The van der Waals surface area contributed by atoms with E-state index in [0.29, 0.717) is 11.9 Å². The number of hydrogen-bond donors (Lipinski definition) is 1. The Kier molecular flexibility index (Phi) is 6.60. The maximum absolute atomic E-state index is 6.04. The molecule has 0 spiro atoms. The smallest absolute Gasteiger partial charge is 0.137 e. The molecule has 4 heteroatoms. The van der Waals surface area contributed by atoms with Crippen LogP contribution < -0.4 is 10.6 Å². The third kappa shape index (κ3) is 4.08. The molecule has 4 nitrogen and oxygen atoms in total. The minimum absolute atomic E-state index is 0.483. The molecule has 108 valence electrons. The maximum Gasteiger partial charge on any atom is 0.137 e. The first-order chi connectivity index (χ1) is 9.15. The number of rotatable bonds is 8. The topological polar surface area (TPSA) is 55.0 Å². The first-order valence-corrected chi connectivity index (χ1v) is 7.51. The molecule has 0 saturated heterocycles. The minimum atomic E-state index is 0.483. The zero-order valence-electron chi connectivity index (χ0n) is 12.8. The lowest BCUT2D eigenvalue weighted by atomic mass is 10.1. The van der Waals surface area contributed by atoms with Gasteiger partial charge < -0.3 is 10.6 Å². The van der Waals surface area contributed by atoms with Gasteiger partial charge in [-0.25, -0.2) is 9.97 Å². The molecule has 1 heterocycles. The molecule has 0 aromatic carbocycles. The molecule has 0 saturated carbocycles. The molecule has 0 aliphatic heterocycles. The van der Waals surface area contributed by atoms with Gasteiger partial charge in [0.1, 0.15) is 18.0 Å². The molecule has 1 aromatic heterocycles. The lowest BCUT2D eigenvalue weighted by Gasteiger charge is -2.31. The van der Waals surface area contributed by atoms with Crippen molar-refractivity contribution < 1.29 is 0 Å². The zero-order valence-corrected chi connectivity index (χ0v) is 12.8. The standard InChI is InChI=1S/C15H28N4/c1-5-8-10-19(12(4)7-3)15-13(9-6-2)14(16)17-11-18-15/h11-12H,5-10H2,1-4H3,(H2,16,17,18). The van der Waals surface area contributed by atoms with Crippen molar-refractivity contribution in [3.63, 3.8) is 0 Å². The van der Waals surface area contributed by atoms with Crippen molar-refractivity contribution in [2.75, 3.05) is 17.2 Å². The van der Waals surface area contributed by atoms with E-state index in [1.165, 1.54) is 12.8 Å². The van der Waals surface area contributed by atoms with Crippen molar-refractivity contribution in [3.8, 4) is 0 Å². The third-order valence-corrected chi connectivity index (χ3v) is 3.60. The second-order valence-corrected chi connectivity index (χ2v) is 5.12. The van der Waals surface area contributed by atoms with E-state index in [1.807, 2.05) is 0 Å². The number of nitrogens with zero attached hydrogens (tertiary/aromatic N) is 3. The number of nitrogen functional groups attached to an aromatic ring is 1. The van der Waals surface area contributed by atoms with Crippen LogP contribution in [0.3, 0.4) is 0 Å². The zero-order chi connectivity index (χ0) is 14.3. The summed E-state index contributed by atoms with van der Waals surface area (Å²) in [6.45, 7) is 9.89. The van der Waals surface area contributed by atoms with Crippen LogP contribution in [0.4, 0.5) is 11.6 Å². The fraction of sp³-hybridized carbons (Fsp3) is 0.733. The summed E-state index contributed by atoms with van der Waals surface area (Å²) in [5, 5.41) is 0. The van der Waals surface area contributed by atoms with E-state index in [2.05, 4.69) is 42.6 Å². The second kappa shape index (κ2) is 7.97. The average Bonchev–Trinajstić information content (AvgIpc) is 2.42. The molecule has 2 N–H and O–H groups in total. The van der Waals surface area contributed by atoms with Gasteiger partial charge in [-0.15, -0.1) is 0 Å². The highest BCUT2D eigenvalue weighted by atomic mass is 15.2. The largest absolute Gasteiger partial charge is 0.383 e. The molecule has 19 heavy (non-hydrogen) atoms. The molecule has 0 fully saturated rings. The van der Waals surface area contributed by atoms with Gasteiger partial charge in [-0.1, -0.05) is 33.6 Å². The Bertz CT molecular complexity index is 378. The summed E-state index contributed by atoms with van der Waals surface area (Å²) in [7, 11) is 0. The van der Waals surface area contributed by atoms with Crippen LogP contribution in [0.1, 0.15) is 58.9 Å². The molecule has 0 amide bonds. The number of nitrogens with two attached hydrogens (primary N) is 1. The van der Waals surface area contributed by atoms with Gasteiger partial charge in [-0.3, -0.25) is 0 Å². The Morgan fingerprint density at radius 1 is 1.21 bits per heavy atom. The van der Waals surface area contributed by atoms with Crippen LogP contribution in [0.15, 0.2) is 6.33 Å². The van der Waals surface area contributed by atoms with Crippen LogP contribution in [0.2, 0.25) is 0 Å². The highest BCUT2D eigenvalue weighted by Gasteiger charge is 2.19. The molecular weight excluding hydrogens is 236 g/mol. The molecule has 0 aliphatic carbocycles. The summed E-state index contributed by atoms with van der Waals surface area (Å²) in [4.78, 5) is 11.1. The van der Waals surface area contributed by atoms with Crippen LogP contribution in [-0.2, 0) is 6.42 Å². The van der Waals surface area contributed by atoms with E-state index in [1.54, 1.807) is 6.33 Å². The number of hydrogen-bond acceptors (Lipinski definition) is 4. The van der Waals surface area contributed by atoms with E-state index < -0.39 is 0 Å². The van der Waals surface area contributed by atoms with Gasteiger partial charge in [0, 0.05) is 18.2 Å². The fourth-order valence-corrected chi connectivity index (χ4v) is 2.24. The fourth-order valence-electron chi connectivity index (χ4n) is 2.24. The van der Waals surface area contributed by atoms with Crippen molar-refractivity contribution in [2.45, 2.75) is 65.8 Å². The highest BCUT2D eigenvalue weighted by Crippen LogP contribution is 2.25. The predicted molar refractivity (Wildman–Crippen MR) is 82.4 cm³/mol. The monoisotopic (exact) mass is 264 g/mol. The first kappa shape index (κ1) is 15.7. The number of unbranched alkanes of at least 4 members (excludes halogenated alkanes) is 1. The summed E-state index contributed by atoms with van der Waals surface area (Å²) < 4.78 is 0. The van der Waals surface area contributed by atoms with Crippen LogP contribution in [-0.4, -0.2) is 22.6 Å². The van der Waals surface area contributed by atoms with E-state index in [4.69, 9.17) is 5.73 Å². The van der Waals surface area contributed by atoms with Crippen molar-refractivity contribution >= 4 is 11.6 Å². The van der Waals surface area contributed by atoms with Gasteiger partial charge in [-0.05, 0) is 26.2 Å². The second-order valence-electron chi connectivity index (χ2n) is 5.12. The van der Waals surface area contributed by atoms with E-state index in [0.717, 1.165) is 37.2 Å². The van der Waals surface area contributed by atoms with Crippen molar-refractivity contribution in [3.05, 3.63) is 11.9 Å². The minimum Gasteiger partial charge on any atom is -0.383 e. The van der Waals surface area contributed by atoms with Crippen LogP contribution in [0.5, 0.6) is 0 Å². The predicted octanol–water partition coefficient (Wildman–Crippen LogP) is 3.42. The summed E-state index contributed by atoms with van der Waals surface area (Å²) in [6, 6.07) is 0.483. The Morgan fingerprint density at radius 3 is 2.53 bits per heavy atom. The number of aromatic nitrogens is 2. The van der Waals surface area contributed by atoms with Gasteiger partial charge in [0.15, 0.2) is 0 Å². The lowest BCUT2D eigenvalue weighted by molar-refractivity contribution is 0.586. The molecule has 1 atom stereocenters. The SMILES string of the molecule is CCCCN(c1ncnc(N)c1CCC)C(C)CC. The normalized spacial score (nSPS) is 12.4. The van der Waals surface area contributed by atoms with E-state index in [-0.39, 0.29) is 0 Å².